The van der Waals surface area contributed by atoms with Crippen LogP contribution in [0.3, 0.4) is 0 Å². The number of anilines is 1. The van der Waals surface area contributed by atoms with Crippen LogP contribution in [0.5, 0.6) is 0 Å². The zero-order valence-electron chi connectivity index (χ0n) is 8.92. The summed E-state index contributed by atoms with van der Waals surface area (Å²) in [6.07, 6.45) is 1.26. The van der Waals surface area contributed by atoms with E-state index in [9.17, 15) is 9.18 Å². The summed E-state index contributed by atoms with van der Waals surface area (Å²) in [5.74, 6) is -1.34. The Morgan fingerprint density at radius 1 is 1.53 bits per heavy atom. The van der Waals surface area contributed by atoms with Gasteiger partial charge in [0.15, 0.2) is 0 Å². The monoisotopic (exact) mass is 236 g/mol. The minimum atomic E-state index is -0.668. The van der Waals surface area contributed by atoms with Crippen molar-refractivity contribution in [2.24, 2.45) is 0 Å². The Morgan fingerprint density at radius 3 is 3.00 bits per heavy atom. The average Bonchev–Trinajstić information content (AvgIpc) is 2.81. The van der Waals surface area contributed by atoms with Gasteiger partial charge < -0.3 is 10.5 Å². The molecule has 0 spiro atoms. The minimum Gasteiger partial charge on any atom is -0.463 e. The molecular formula is C10H9FN4O2. The first-order valence-corrected chi connectivity index (χ1v) is 4.68. The predicted molar refractivity (Wildman–Crippen MR) is 57.1 cm³/mol. The molecule has 0 radical (unpaired) electrons. The molecule has 0 unspecified atom stereocenters. The van der Waals surface area contributed by atoms with Crippen LogP contribution in [0, 0.1) is 5.82 Å². The molecule has 0 bridgehead atoms. The summed E-state index contributed by atoms with van der Waals surface area (Å²) in [5.41, 5.74) is 5.80. The van der Waals surface area contributed by atoms with Crippen molar-refractivity contribution in [2.45, 2.75) is 0 Å². The Hall–Kier alpha value is -2.44. The van der Waals surface area contributed by atoms with Crippen LogP contribution in [0.2, 0.25) is 0 Å². The third kappa shape index (κ3) is 1.94. The van der Waals surface area contributed by atoms with E-state index in [-0.39, 0.29) is 11.5 Å². The summed E-state index contributed by atoms with van der Waals surface area (Å²) >= 11 is 0. The van der Waals surface area contributed by atoms with E-state index in [1.54, 1.807) is 6.07 Å². The van der Waals surface area contributed by atoms with Crippen LogP contribution < -0.4 is 5.73 Å². The summed E-state index contributed by atoms with van der Waals surface area (Å²) in [5, 5.41) is 3.84. The maximum Gasteiger partial charge on any atom is 0.377 e. The highest BCUT2D eigenvalue weighted by Crippen LogP contribution is 2.19. The first-order valence-electron chi connectivity index (χ1n) is 4.68. The molecule has 1 heterocycles. The van der Waals surface area contributed by atoms with Gasteiger partial charge in [-0.25, -0.2) is 18.9 Å². The van der Waals surface area contributed by atoms with Gasteiger partial charge in [-0.05, 0) is 12.1 Å². The molecule has 0 fully saturated rings. The number of methoxy groups -OCH3 is 1. The van der Waals surface area contributed by atoms with Crippen LogP contribution in [0.15, 0.2) is 24.5 Å². The smallest absolute Gasteiger partial charge is 0.377 e. The first kappa shape index (κ1) is 11.1. The van der Waals surface area contributed by atoms with E-state index >= 15 is 0 Å². The van der Waals surface area contributed by atoms with Gasteiger partial charge in [-0.15, -0.1) is 5.10 Å². The molecule has 0 aliphatic carbocycles. The molecule has 2 aromatic rings. The Labute approximate surface area is 95.8 Å². The van der Waals surface area contributed by atoms with E-state index in [0.29, 0.717) is 5.69 Å². The first-order chi connectivity index (χ1) is 8.13. The highest BCUT2D eigenvalue weighted by Gasteiger charge is 2.14. The third-order valence-electron chi connectivity index (χ3n) is 2.14. The number of nitrogen functional groups attached to an aromatic ring is 1. The van der Waals surface area contributed by atoms with Gasteiger partial charge in [0.2, 0.25) is 0 Å². The number of nitrogens with zero attached hydrogens (tertiary/aromatic N) is 3. The van der Waals surface area contributed by atoms with Gasteiger partial charge >= 0.3 is 5.97 Å². The number of halogens is 1. The van der Waals surface area contributed by atoms with Crippen molar-refractivity contribution < 1.29 is 13.9 Å². The minimum absolute atomic E-state index is 0.0613. The van der Waals surface area contributed by atoms with Crippen molar-refractivity contribution in [2.75, 3.05) is 12.8 Å². The highest BCUT2D eigenvalue weighted by atomic mass is 19.1. The summed E-state index contributed by atoms with van der Waals surface area (Å²) in [7, 11) is 1.22. The summed E-state index contributed by atoms with van der Waals surface area (Å²) in [6, 6.07) is 4.28. The Morgan fingerprint density at radius 2 is 2.29 bits per heavy atom. The van der Waals surface area contributed by atoms with E-state index in [1.807, 2.05) is 0 Å². The highest BCUT2D eigenvalue weighted by molar-refractivity contribution is 5.84. The second kappa shape index (κ2) is 4.20. The number of esters is 1. The van der Waals surface area contributed by atoms with Crippen molar-refractivity contribution in [3.05, 3.63) is 36.2 Å². The van der Waals surface area contributed by atoms with E-state index in [4.69, 9.17) is 5.73 Å². The van der Waals surface area contributed by atoms with Crippen molar-refractivity contribution in [3.63, 3.8) is 0 Å². The number of nitrogens with two attached hydrogens (primary N) is 1. The molecule has 0 saturated carbocycles. The molecule has 6 nitrogen and oxygen atoms in total. The fourth-order valence-electron chi connectivity index (χ4n) is 1.29. The maximum atomic E-state index is 13.2. The van der Waals surface area contributed by atoms with E-state index in [2.05, 4.69) is 14.8 Å². The van der Waals surface area contributed by atoms with Crippen molar-refractivity contribution in [3.8, 4) is 5.69 Å². The SMILES string of the molecule is COC(=O)c1ncn(-c2cccc(F)c2N)n1. The van der Waals surface area contributed by atoms with Crippen molar-refractivity contribution in [1.82, 2.24) is 14.8 Å². The Bertz CT molecular complexity index is 567. The van der Waals surface area contributed by atoms with Crippen LogP contribution in [-0.4, -0.2) is 27.8 Å². The molecule has 1 aromatic carbocycles. The van der Waals surface area contributed by atoms with Crippen LogP contribution in [-0.2, 0) is 4.74 Å². The summed E-state index contributed by atoms with van der Waals surface area (Å²) < 4.78 is 18.9. The van der Waals surface area contributed by atoms with Gasteiger partial charge in [-0.2, -0.15) is 0 Å². The number of carbonyl (C=O) groups is 1. The van der Waals surface area contributed by atoms with Crippen molar-refractivity contribution in [1.29, 1.82) is 0 Å². The lowest BCUT2D eigenvalue weighted by molar-refractivity contribution is 0.0587. The number of aromatic nitrogens is 3. The number of rotatable bonds is 2. The predicted octanol–water partition coefficient (Wildman–Crippen LogP) is 0.775. The summed E-state index contributed by atoms with van der Waals surface area (Å²) in [6.45, 7) is 0. The molecule has 2 rings (SSSR count). The van der Waals surface area contributed by atoms with E-state index in [1.165, 1.54) is 30.3 Å². The molecular weight excluding hydrogens is 227 g/mol. The number of carbonyl (C=O) groups excluding carboxylic acids is 1. The Balaban J connectivity index is 2.44. The fourth-order valence-corrected chi connectivity index (χ4v) is 1.29. The van der Waals surface area contributed by atoms with Crippen LogP contribution in [0.25, 0.3) is 5.69 Å². The zero-order chi connectivity index (χ0) is 12.4. The molecule has 0 saturated heterocycles. The normalized spacial score (nSPS) is 10.2. The lowest BCUT2D eigenvalue weighted by atomic mass is 10.2. The zero-order valence-corrected chi connectivity index (χ0v) is 8.92. The average molecular weight is 236 g/mol. The number of benzene rings is 1. The number of hydrogen-bond acceptors (Lipinski definition) is 5. The number of para-hydroxylation sites is 1. The maximum absolute atomic E-state index is 13.2. The Kier molecular flexibility index (Phi) is 2.73. The van der Waals surface area contributed by atoms with Crippen LogP contribution in [0.4, 0.5) is 10.1 Å². The van der Waals surface area contributed by atoms with Gasteiger partial charge in [0.25, 0.3) is 5.82 Å². The molecule has 88 valence electrons. The van der Waals surface area contributed by atoms with Crippen LogP contribution >= 0.6 is 0 Å². The lowest BCUT2D eigenvalue weighted by Crippen LogP contribution is -2.06. The third-order valence-corrected chi connectivity index (χ3v) is 2.14. The molecule has 17 heavy (non-hydrogen) atoms. The van der Waals surface area contributed by atoms with Gasteiger partial charge in [0.05, 0.1) is 18.5 Å². The molecule has 0 atom stereocenters. The molecule has 0 amide bonds. The molecule has 7 heteroatoms. The molecule has 2 N–H and O–H groups in total. The van der Waals surface area contributed by atoms with Gasteiger partial charge in [0, 0.05) is 0 Å². The molecule has 1 aromatic heterocycles. The number of ether oxygens (including phenoxy) is 1. The fraction of sp³-hybridized carbons (Fsp3) is 0.100. The van der Waals surface area contributed by atoms with Crippen molar-refractivity contribution >= 4 is 11.7 Å². The number of hydrogen-bond donors (Lipinski definition) is 1. The second-order valence-corrected chi connectivity index (χ2v) is 3.18. The largest absolute Gasteiger partial charge is 0.463 e. The van der Waals surface area contributed by atoms with Gasteiger partial charge in [-0.1, -0.05) is 6.07 Å². The standard InChI is InChI=1S/C10H9FN4O2/c1-17-10(16)9-13-5-15(14-9)7-4-2-3-6(11)8(7)12/h2-5H,12H2,1H3. The molecule has 0 aliphatic rings. The lowest BCUT2D eigenvalue weighted by Gasteiger charge is -2.04. The topological polar surface area (TPSA) is 83.0 Å². The van der Waals surface area contributed by atoms with E-state index < -0.39 is 11.8 Å². The molecule has 0 aliphatic heterocycles. The van der Waals surface area contributed by atoms with E-state index in [0.717, 1.165) is 0 Å². The van der Waals surface area contributed by atoms with Gasteiger partial charge in [0.1, 0.15) is 12.1 Å². The second-order valence-electron chi connectivity index (χ2n) is 3.18. The van der Waals surface area contributed by atoms with Crippen LogP contribution in [0.1, 0.15) is 10.6 Å². The quantitative estimate of drug-likeness (QED) is 0.615. The van der Waals surface area contributed by atoms with Gasteiger partial charge in [-0.3, -0.25) is 0 Å². The summed E-state index contributed by atoms with van der Waals surface area (Å²) in [4.78, 5) is 14.9.